The predicted molar refractivity (Wildman–Crippen MR) is 120 cm³/mol. The number of ether oxygens (including phenoxy) is 1. The van der Waals surface area contributed by atoms with E-state index in [-0.39, 0.29) is 11.8 Å². The van der Waals surface area contributed by atoms with Gasteiger partial charge in [-0.1, -0.05) is 50.2 Å². The van der Waals surface area contributed by atoms with Gasteiger partial charge in [-0.15, -0.1) is 0 Å². The summed E-state index contributed by atoms with van der Waals surface area (Å²) in [7, 11) is 1.54. The molecule has 0 spiro atoms. The van der Waals surface area contributed by atoms with E-state index >= 15 is 0 Å². The minimum absolute atomic E-state index is 0.129. The van der Waals surface area contributed by atoms with Gasteiger partial charge in [-0.25, -0.2) is 4.99 Å². The van der Waals surface area contributed by atoms with Gasteiger partial charge in [0, 0.05) is 13.1 Å². The van der Waals surface area contributed by atoms with Gasteiger partial charge in [0.25, 0.3) is 0 Å². The summed E-state index contributed by atoms with van der Waals surface area (Å²) >= 11 is 0. The molecule has 29 heavy (non-hydrogen) atoms. The molecule has 0 fully saturated rings. The quantitative estimate of drug-likeness (QED) is 0.422. The number of likely N-dealkylation sites (N-methyl/N-ethyl adjacent to an activating group) is 1. The second kappa shape index (κ2) is 12.0. The Kier molecular flexibility index (Phi) is 9.31. The predicted octanol–water partition coefficient (Wildman–Crippen LogP) is 3.54. The number of hydrogen-bond donors (Lipinski definition) is 3. The first kappa shape index (κ1) is 22.6. The number of phenols is 1. The first-order valence-corrected chi connectivity index (χ1v) is 10.3. The number of benzene rings is 2. The molecule has 0 saturated carbocycles. The summed E-state index contributed by atoms with van der Waals surface area (Å²) in [5, 5.41) is 16.8. The van der Waals surface area contributed by atoms with Crippen molar-refractivity contribution in [3.63, 3.8) is 0 Å². The molecule has 2 aromatic rings. The molecule has 2 rings (SSSR count). The third-order valence-electron chi connectivity index (χ3n) is 4.91. The lowest BCUT2D eigenvalue weighted by molar-refractivity contribution is 0.219. The molecule has 0 radical (unpaired) electrons. The van der Waals surface area contributed by atoms with Crippen LogP contribution in [0.2, 0.25) is 0 Å². The zero-order valence-corrected chi connectivity index (χ0v) is 18.0. The first-order chi connectivity index (χ1) is 14.1. The van der Waals surface area contributed by atoms with Crippen LogP contribution in [0.4, 0.5) is 0 Å². The Morgan fingerprint density at radius 3 is 2.38 bits per heavy atom. The van der Waals surface area contributed by atoms with Crippen LogP contribution in [0, 0.1) is 0 Å². The molecule has 0 amide bonds. The molecule has 0 aliphatic rings. The highest BCUT2D eigenvalue weighted by Gasteiger charge is 2.18. The largest absolute Gasteiger partial charge is 0.504 e. The number of guanidine groups is 1. The van der Waals surface area contributed by atoms with Crippen molar-refractivity contribution in [1.82, 2.24) is 15.5 Å². The van der Waals surface area contributed by atoms with Gasteiger partial charge in [0.15, 0.2) is 17.5 Å². The number of nitrogens with one attached hydrogen (secondary N) is 2. The van der Waals surface area contributed by atoms with Crippen LogP contribution in [0.5, 0.6) is 11.5 Å². The van der Waals surface area contributed by atoms with E-state index in [2.05, 4.69) is 65.6 Å². The van der Waals surface area contributed by atoms with Crippen molar-refractivity contribution in [3.05, 3.63) is 59.7 Å². The van der Waals surface area contributed by atoms with Crippen LogP contribution in [0.15, 0.2) is 53.5 Å². The summed E-state index contributed by atoms with van der Waals surface area (Å²) in [6.07, 6.45) is 0. The highest BCUT2D eigenvalue weighted by Crippen LogP contribution is 2.26. The van der Waals surface area contributed by atoms with Crippen molar-refractivity contribution < 1.29 is 9.84 Å². The number of methoxy groups -OCH3 is 1. The Morgan fingerprint density at radius 1 is 1.07 bits per heavy atom. The van der Waals surface area contributed by atoms with Gasteiger partial charge < -0.3 is 20.5 Å². The van der Waals surface area contributed by atoms with Crippen LogP contribution in [0.1, 0.15) is 37.9 Å². The van der Waals surface area contributed by atoms with Gasteiger partial charge >= 0.3 is 0 Å². The molecule has 6 nitrogen and oxygen atoms in total. The lowest BCUT2D eigenvalue weighted by Gasteiger charge is -2.30. The summed E-state index contributed by atoms with van der Waals surface area (Å²) < 4.78 is 5.10. The van der Waals surface area contributed by atoms with E-state index in [4.69, 9.17) is 4.74 Å². The fourth-order valence-corrected chi connectivity index (χ4v) is 3.34. The summed E-state index contributed by atoms with van der Waals surface area (Å²) in [4.78, 5) is 7.12. The average Bonchev–Trinajstić information content (AvgIpc) is 2.75. The van der Waals surface area contributed by atoms with Gasteiger partial charge in [-0.2, -0.15) is 0 Å². The van der Waals surface area contributed by atoms with Crippen molar-refractivity contribution in [2.24, 2.45) is 4.99 Å². The zero-order chi connectivity index (χ0) is 21.1. The number of nitrogens with zero attached hydrogens (tertiary/aromatic N) is 2. The number of aliphatic imine (C=N–C) groups is 1. The summed E-state index contributed by atoms with van der Waals surface area (Å²) in [5.74, 6) is 1.35. The van der Waals surface area contributed by atoms with E-state index in [9.17, 15) is 5.11 Å². The topological polar surface area (TPSA) is 69.1 Å². The molecule has 0 heterocycles. The van der Waals surface area contributed by atoms with E-state index in [0.29, 0.717) is 12.3 Å². The van der Waals surface area contributed by atoms with Crippen molar-refractivity contribution in [1.29, 1.82) is 0 Å². The minimum atomic E-state index is 0.129. The summed E-state index contributed by atoms with van der Waals surface area (Å²) in [5.41, 5.74) is 2.21. The van der Waals surface area contributed by atoms with Crippen molar-refractivity contribution in [2.45, 2.75) is 33.4 Å². The normalized spacial score (nSPS) is 12.7. The molecule has 0 bridgehead atoms. The molecule has 0 saturated heterocycles. The van der Waals surface area contributed by atoms with Crippen LogP contribution in [-0.2, 0) is 6.54 Å². The Bertz CT molecular complexity index is 761. The molecule has 1 atom stereocenters. The number of phenolic OH excluding ortho intramolecular Hbond substituents is 1. The Hall–Kier alpha value is -2.73. The van der Waals surface area contributed by atoms with Crippen molar-refractivity contribution in [2.75, 3.05) is 33.3 Å². The van der Waals surface area contributed by atoms with Crippen LogP contribution < -0.4 is 15.4 Å². The maximum atomic E-state index is 9.97. The van der Waals surface area contributed by atoms with E-state index in [0.717, 1.165) is 37.7 Å². The molecule has 0 aromatic heterocycles. The average molecular weight is 399 g/mol. The van der Waals surface area contributed by atoms with Crippen molar-refractivity contribution >= 4 is 5.96 Å². The zero-order valence-electron chi connectivity index (χ0n) is 18.0. The SMILES string of the molecule is CCNC(=NCc1ccc(OC)c(O)c1)NCC(c1ccccc1)N(CC)CC. The fraction of sp³-hybridized carbons (Fsp3) is 0.435. The monoisotopic (exact) mass is 398 g/mol. The van der Waals surface area contributed by atoms with Crippen LogP contribution in [0.3, 0.4) is 0 Å². The second-order valence-electron chi connectivity index (χ2n) is 6.73. The lowest BCUT2D eigenvalue weighted by atomic mass is 10.1. The van der Waals surface area contributed by atoms with E-state index in [1.165, 1.54) is 5.56 Å². The second-order valence-corrected chi connectivity index (χ2v) is 6.73. The van der Waals surface area contributed by atoms with Gasteiger partial charge in [0.1, 0.15) is 0 Å². The summed E-state index contributed by atoms with van der Waals surface area (Å²) in [6, 6.07) is 16.2. The highest BCUT2D eigenvalue weighted by molar-refractivity contribution is 5.79. The van der Waals surface area contributed by atoms with E-state index in [1.807, 2.05) is 12.1 Å². The fourth-order valence-electron chi connectivity index (χ4n) is 3.34. The Balaban J connectivity index is 2.11. The Labute approximate surface area is 174 Å². The molecule has 158 valence electrons. The molecule has 2 aromatic carbocycles. The number of aromatic hydroxyl groups is 1. The van der Waals surface area contributed by atoms with Gasteiger partial charge in [0.05, 0.1) is 19.7 Å². The van der Waals surface area contributed by atoms with E-state index in [1.54, 1.807) is 19.2 Å². The maximum absolute atomic E-state index is 9.97. The molecule has 1 unspecified atom stereocenters. The number of hydrogen-bond acceptors (Lipinski definition) is 4. The van der Waals surface area contributed by atoms with Gasteiger partial charge in [-0.05, 0) is 43.3 Å². The third kappa shape index (κ3) is 6.68. The van der Waals surface area contributed by atoms with E-state index < -0.39 is 0 Å². The van der Waals surface area contributed by atoms with Gasteiger partial charge in [0.2, 0.25) is 0 Å². The molecule has 3 N–H and O–H groups in total. The molecular weight excluding hydrogens is 364 g/mol. The van der Waals surface area contributed by atoms with Crippen LogP contribution in [0.25, 0.3) is 0 Å². The number of rotatable bonds is 10. The van der Waals surface area contributed by atoms with Crippen molar-refractivity contribution in [3.8, 4) is 11.5 Å². The molecular formula is C23H34N4O2. The Morgan fingerprint density at radius 2 is 1.79 bits per heavy atom. The van der Waals surface area contributed by atoms with Gasteiger partial charge in [-0.3, -0.25) is 4.90 Å². The minimum Gasteiger partial charge on any atom is -0.504 e. The first-order valence-electron chi connectivity index (χ1n) is 10.3. The third-order valence-corrected chi connectivity index (χ3v) is 4.91. The standard InChI is InChI=1S/C23H34N4O2/c1-5-24-23(25-16-18-13-14-22(29-4)21(28)15-18)26-17-20(27(6-2)7-3)19-11-9-8-10-12-19/h8-15,20,28H,5-7,16-17H2,1-4H3,(H2,24,25,26). The molecule has 0 aliphatic heterocycles. The highest BCUT2D eigenvalue weighted by atomic mass is 16.5. The molecule has 0 aliphatic carbocycles. The molecule has 6 heteroatoms. The smallest absolute Gasteiger partial charge is 0.191 e. The van der Waals surface area contributed by atoms with Crippen LogP contribution >= 0.6 is 0 Å². The van der Waals surface area contributed by atoms with Crippen LogP contribution in [-0.4, -0.2) is 49.3 Å². The summed E-state index contributed by atoms with van der Waals surface area (Å²) in [6.45, 7) is 10.4. The lowest BCUT2D eigenvalue weighted by Crippen LogP contribution is -2.43. The maximum Gasteiger partial charge on any atom is 0.191 e.